The Morgan fingerprint density at radius 1 is 0.938 bits per heavy atom. The van der Waals surface area contributed by atoms with Crippen molar-refractivity contribution >= 4 is 39.8 Å². The zero-order valence-corrected chi connectivity index (χ0v) is 21.5. The zero-order valence-electron chi connectivity index (χ0n) is 18.3. The predicted octanol–water partition coefficient (Wildman–Crippen LogP) is 4.67. The first-order valence-electron chi connectivity index (χ1n) is 9.92. The smallest absolute Gasteiger partial charge is 0.191 e. The molecular formula is C24H28IN3O3S. The predicted molar refractivity (Wildman–Crippen MR) is 140 cm³/mol. The van der Waals surface area contributed by atoms with Gasteiger partial charge in [0.1, 0.15) is 11.5 Å². The molecule has 0 aliphatic rings. The number of nitrogens with zero attached hydrogens (tertiary/aromatic N) is 1. The van der Waals surface area contributed by atoms with E-state index < -0.39 is 9.84 Å². The maximum atomic E-state index is 11.8. The Hall–Kier alpha value is -2.59. The van der Waals surface area contributed by atoms with Crippen molar-refractivity contribution in [2.24, 2.45) is 4.99 Å². The molecule has 2 N–H and O–H groups in total. The van der Waals surface area contributed by atoms with Gasteiger partial charge < -0.3 is 15.4 Å². The summed E-state index contributed by atoms with van der Waals surface area (Å²) < 4.78 is 29.6. The minimum atomic E-state index is -3.22. The number of rotatable bonds is 7. The molecule has 0 aliphatic heterocycles. The van der Waals surface area contributed by atoms with Crippen LogP contribution in [0, 0.1) is 6.92 Å². The van der Waals surface area contributed by atoms with Gasteiger partial charge in [-0.3, -0.25) is 4.99 Å². The van der Waals surface area contributed by atoms with E-state index in [1.54, 1.807) is 20.0 Å². The highest BCUT2D eigenvalue weighted by molar-refractivity contribution is 14.0. The summed E-state index contributed by atoms with van der Waals surface area (Å²) in [6.07, 6.45) is 1.22. The SMILES string of the molecule is CN=C(NCc1ccc(S(C)(=O)=O)c(C)c1)NCc1ccccc1Oc1ccccc1.I. The van der Waals surface area contributed by atoms with Gasteiger partial charge in [-0.2, -0.15) is 0 Å². The Morgan fingerprint density at radius 2 is 1.59 bits per heavy atom. The lowest BCUT2D eigenvalue weighted by Crippen LogP contribution is -2.36. The van der Waals surface area contributed by atoms with Crippen molar-refractivity contribution < 1.29 is 13.2 Å². The van der Waals surface area contributed by atoms with E-state index in [-0.39, 0.29) is 24.0 Å². The molecule has 8 heteroatoms. The Balaban J connectivity index is 0.00000363. The highest BCUT2D eigenvalue weighted by Crippen LogP contribution is 2.24. The minimum Gasteiger partial charge on any atom is -0.457 e. The van der Waals surface area contributed by atoms with Gasteiger partial charge in [-0.1, -0.05) is 48.5 Å². The molecule has 0 atom stereocenters. The fourth-order valence-electron chi connectivity index (χ4n) is 3.19. The summed E-state index contributed by atoms with van der Waals surface area (Å²) in [5.74, 6) is 2.20. The molecule has 0 amide bonds. The van der Waals surface area contributed by atoms with Crippen LogP contribution in [0.5, 0.6) is 11.5 Å². The molecular weight excluding hydrogens is 537 g/mol. The van der Waals surface area contributed by atoms with Crippen LogP contribution in [0.3, 0.4) is 0 Å². The molecule has 6 nitrogen and oxygen atoms in total. The number of sulfone groups is 1. The molecule has 0 fully saturated rings. The topological polar surface area (TPSA) is 79.8 Å². The van der Waals surface area contributed by atoms with Gasteiger partial charge in [0.05, 0.1) is 4.90 Å². The fraction of sp³-hybridized carbons (Fsp3) is 0.208. The van der Waals surface area contributed by atoms with Crippen LogP contribution >= 0.6 is 24.0 Å². The number of para-hydroxylation sites is 2. The van der Waals surface area contributed by atoms with Gasteiger partial charge in [0.25, 0.3) is 0 Å². The molecule has 0 heterocycles. The van der Waals surface area contributed by atoms with E-state index in [2.05, 4.69) is 15.6 Å². The van der Waals surface area contributed by atoms with Crippen molar-refractivity contribution in [2.45, 2.75) is 24.9 Å². The van der Waals surface area contributed by atoms with Crippen LogP contribution in [-0.2, 0) is 22.9 Å². The number of hydrogen-bond donors (Lipinski definition) is 2. The lowest BCUT2D eigenvalue weighted by molar-refractivity contribution is 0.475. The molecule has 0 radical (unpaired) electrons. The molecule has 0 bridgehead atoms. The molecule has 3 aromatic rings. The number of ether oxygens (including phenoxy) is 1. The van der Waals surface area contributed by atoms with E-state index in [0.29, 0.717) is 23.9 Å². The molecule has 0 saturated carbocycles. The average Bonchev–Trinajstić information content (AvgIpc) is 2.75. The lowest BCUT2D eigenvalue weighted by atomic mass is 10.1. The van der Waals surface area contributed by atoms with E-state index in [4.69, 9.17) is 4.74 Å². The molecule has 0 unspecified atom stereocenters. The van der Waals surface area contributed by atoms with Crippen LogP contribution in [0.25, 0.3) is 0 Å². The number of aryl methyl sites for hydroxylation is 1. The first kappa shape index (κ1) is 25.7. The molecule has 170 valence electrons. The van der Waals surface area contributed by atoms with E-state index in [9.17, 15) is 8.42 Å². The monoisotopic (exact) mass is 565 g/mol. The van der Waals surface area contributed by atoms with Crippen LogP contribution in [0.2, 0.25) is 0 Å². The Morgan fingerprint density at radius 3 is 2.25 bits per heavy atom. The molecule has 0 aliphatic carbocycles. The van der Waals surface area contributed by atoms with Crippen molar-refractivity contribution in [1.82, 2.24) is 10.6 Å². The second-order valence-corrected chi connectivity index (χ2v) is 9.16. The highest BCUT2D eigenvalue weighted by atomic mass is 127. The Bertz CT molecular complexity index is 1170. The molecule has 3 rings (SSSR count). The van der Waals surface area contributed by atoms with Gasteiger partial charge >= 0.3 is 0 Å². The van der Waals surface area contributed by atoms with Crippen LogP contribution < -0.4 is 15.4 Å². The summed E-state index contributed by atoms with van der Waals surface area (Å²) in [7, 11) is -1.51. The van der Waals surface area contributed by atoms with Gasteiger partial charge in [-0.15, -0.1) is 24.0 Å². The first-order valence-corrected chi connectivity index (χ1v) is 11.8. The maximum Gasteiger partial charge on any atom is 0.191 e. The minimum absolute atomic E-state index is 0. The molecule has 0 spiro atoms. The number of aliphatic imine (C=N–C) groups is 1. The van der Waals surface area contributed by atoms with E-state index in [1.165, 1.54) is 6.26 Å². The molecule has 0 saturated heterocycles. The van der Waals surface area contributed by atoms with Crippen molar-refractivity contribution in [3.63, 3.8) is 0 Å². The van der Waals surface area contributed by atoms with Gasteiger partial charge in [0, 0.05) is 32.0 Å². The number of nitrogens with one attached hydrogen (secondary N) is 2. The average molecular weight is 565 g/mol. The van der Waals surface area contributed by atoms with E-state index in [1.807, 2.05) is 66.7 Å². The Kier molecular flexibility index (Phi) is 9.52. The van der Waals surface area contributed by atoms with Gasteiger partial charge in [0.15, 0.2) is 15.8 Å². The number of guanidine groups is 1. The third-order valence-corrected chi connectivity index (χ3v) is 5.97. The molecule has 32 heavy (non-hydrogen) atoms. The van der Waals surface area contributed by atoms with Gasteiger partial charge in [0.2, 0.25) is 0 Å². The quantitative estimate of drug-likeness (QED) is 0.247. The van der Waals surface area contributed by atoms with Crippen LogP contribution in [0.1, 0.15) is 16.7 Å². The fourth-order valence-corrected chi connectivity index (χ4v) is 4.15. The first-order chi connectivity index (χ1) is 14.9. The normalized spacial score (nSPS) is 11.4. The van der Waals surface area contributed by atoms with E-state index >= 15 is 0 Å². The summed E-state index contributed by atoms with van der Waals surface area (Å²) in [5, 5.41) is 6.55. The second-order valence-electron chi connectivity index (χ2n) is 7.17. The highest BCUT2D eigenvalue weighted by Gasteiger charge is 2.11. The summed E-state index contributed by atoms with van der Waals surface area (Å²) in [4.78, 5) is 4.62. The maximum absolute atomic E-state index is 11.8. The second kappa shape index (κ2) is 11.9. The van der Waals surface area contributed by atoms with Crippen LogP contribution in [0.4, 0.5) is 0 Å². The van der Waals surface area contributed by atoms with Gasteiger partial charge in [-0.05, 0) is 42.3 Å². The van der Waals surface area contributed by atoms with Crippen LogP contribution in [-0.4, -0.2) is 27.7 Å². The zero-order chi connectivity index (χ0) is 22.3. The van der Waals surface area contributed by atoms with Crippen molar-refractivity contribution in [2.75, 3.05) is 13.3 Å². The van der Waals surface area contributed by atoms with E-state index in [0.717, 1.165) is 28.2 Å². The summed E-state index contributed by atoms with van der Waals surface area (Å²) in [6, 6.07) is 22.8. The number of benzene rings is 3. The summed E-state index contributed by atoms with van der Waals surface area (Å²) >= 11 is 0. The third-order valence-electron chi connectivity index (χ3n) is 4.71. The lowest BCUT2D eigenvalue weighted by Gasteiger charge is -2.15. The van der Waals surface area contributed by atoms with Crippen molar-refractivity contribution in [3.8, 4) is 11.5 Å². The van der Waals surface area contributed by atoms with Crippen LogP contribution in [0.15, 0.2) is 82.7 Å². The standard InChI is InChI=1S/C24H27N3O3S.HI/c1-18-15-19(13-14-23(18)31(3,28)29)16-26-24(25-2)27-17-20-9-7-8-12-22(20)30-21-10-5-4-6-11-21;/h4-15H,16-17H2,1-3H3,(H2,25,26,27);1H. The third kappa shape index (κ3) is 7.23. The summed E-state index contributed by atoms with van der Waals surface area (Å²) in [6.45, 7) is 2.86. The number of hydrogen-bond acceptors (Lipinski definition) is 4. The summed E-state index contributed by atoms with van der Waals surface area (Å²) in [5.41, 5.74) is 2.71. The van der Waals surface area contributed by atoms with Crippen molar-refractivity contribution in [3.05, 3.63) is 89.5 Å². The molecule has 0 aromatic heterocycles. The van der Waals surface area contributed by atoms with Gasteiger partial charge in [-0.25, -0.2) is 8.42 Å². The Labute approximate surface area is 207 Å². The number of halogens is 1. The van der Waals surface area contributed by atoms with Crippen molar-refractivity contribution in [1.29, 1.82) is 0 Å². The molecule has 3 aromatic carbocycles. The largest absolute Gasteiger partial charge is 0.457 e.